The highest BCUT2D eigenvalue weighted by Crippen LogP contribution is 2.17. The molecule has 0 atom stereocenters. The van der Waals surface area contributed by atoms with Crippen LogP contribution in [0.1, 0.15) is 10.4 Å². The summed E-state index contributed by atoms with van der Waals surface area (Å²) in [6.45, 7) is 0. The second-order valence-electron chi connectivity index (χ2n) is 4.29. The first kappa shape index (κ1) is 13.0. The fourth-order valence-corrected chi connectivity index (χ4v) is 1.90. The van der Waals surface area contributed by atoms with Crippen LogP contribution in [0.25, 0.3) is 5.82 Å². The van der Waals surface area contributed by atoms with E-state index >= 15 is 0 Å². The fourth-order valence-electron chi connectivity index (χ4n) is 1.90. The smallest absolute Gasteiger partial charge is 0.255 e. The third-order valence-corrected chi connectivity index (χ3v) is 2.84. The number of hydrogen-bond acceptors (Lipinski definition) is 3. The lowest BCUT2D eigenvalue weighted by Crippen LogP contribution is -2.14. The molecule has 104 valence electrons. The molecule has 0 saturated carbocycles. The molecule has 2 heterocycles. The van der Waals surface area contributed by atoms with E-state index in [9.17, 15) is 9.18 Å². The van der Waals surface area contributed by atoms with Crippen molar-refractivity contribution in [2.45, 2.75) is 0 Å². The average Bonchev–Trinajstić information content (AvgIpc) is 3.02. The van der Waals surface area contributed by atoms with Crippen molar-refractivity contribution < 1.29 is 9.18 Å². The molecule has 0 aliphatic carbocycles. The number of hydrogen-bond donors (Lipinski definition) is 1. The monoisotopic (exact) mass is 282 g/mol. The zero-order valence-electron chi connectivity index (χ0n) is 10.9. The minimum Gasteiger partial charge on any atom is -0.319 e. The molecule has 0 radical (unpaired) electrons. The average molecular weight is 282 g/mol. The third kappa shape index (κ3) is 2.79. The first-order chi connectivity index (χ1) is 10.2. The van der Waals surface area contributed by atoms with Crippen LogP contribution in [0.2, 0.25) is 0 Å². The molecule has 0 aliphatic rings. The molecule has 0 bridgehead atoms. The molecule has 0 spiro atoms. The SMILES string of the molecule is O=C(Nc1cccnc1-n1cccn1)c1cccc(F)c1. The van der Waals surface area contributed by atoms with Crippen molar-refractivity contribution in [2.24, 2.45) is 0 Å². The molecule has 2 aromatic heterocycles. The summed E-state index contributed by atoms with van der Waals surface area (Å²) >= 11 is 0. The van der Waals surface area contributed by atoms with Crippen molar-refractivity contribution >= 4 is 11.6 Å². The number of carbonyl (C=O) groups is 1. The van der Waals surface area contributed by atoms with Crippen LogP contribution in [0.3, 0.4) is 0 Å². The highest BCUT2D eigenvalue weighted by atomic mass is 19.1. The van der Waals surface area contributed by atoms with Crippen LogP contribution in [-0.4, -0.2) is 20.7 Å². The van der Waals surface area contributed by atoms with Crippen molar-refractivity contribution in [3.8, 4) is 5.82 Å². The summed E-state index contributed by atoms with van der Waals surface area (Å²) in [5, 5.41) is 6.80. The maximum absolute atomic E-state index is 13.2. The van der Waals surface area contributed by atoms with Gasteiger partial charge in [0.2, 0.25) is 0 Å². The van der Waals surface area contributed by atoms with E-state index in [1.165, 1.54) is 18.2 Å². The summed E-state index contributed by atoms with van der Waals surface area (Å²) in [7, 11) is 0. The largest absolute Gasteiger partial charge is 0.319 e. The number of pyridine rings is 1. The predicted octanol–water partition coefficient (Wildman–Crippen LogP) is 2.66. The van der Waals surface area contributed by atoms with Crippen LogP contribution in [0, 0.1) is 5.82 Å². The van der Waals surface area contributed by atoms with E-state index in [0.717, 1.165) is 0 Å². The molecule has 3 aromatic rings. The molecule has 5 nitrogen and oxygen atoms in total. The molecule has 0 fully saturated rings. The lowest BCUT2D eigenvalue weighted by atomic mass is 10.2. The van der Waals surface area contributed by atoms with Gasteiger partial charge in [-0.05, 0) is 36.4 Å². The minimum atomic E-state index is -0.457. The van der Waals surface area contributed by atoms with Gasteiger partial charge >= 0.3 is 0 Å². The fraction of sp³-hybridized carbons (Fsp3) is 0. The van der Waals surface area contributed by atoms with Crippen LogP contribution in [0.4, 0.5) is 10.1 Å². The van der Waals surface area contributed by atoms with E-state index in [-0.39, 0.29) is 5.56 Å². The molecule has 3 rings (SSSR count). The second kappa shape index (κ2) is 5.54. The Kier molecular flexibility index (Phi) is 3.42. The third-order valence-electron chi connectivity index (χ3n) is 2.84. The van der Waals surface area contributed by atoms with Gasteiger partial charge in [0.15, 0.2) is 5.82 Å². The molecule has 0 aliphatic heterocycles. The first-order valence-electron chi connectivity index (χ1n) is 6.26. The standard InChI is InChI=1S/C15H11FN4O/c16-12-5-1-4-11(10-12)15(21)19-13-6-2-7-17-14(13)20-9-3-8-18-20/h1-10H,(H,19,21). The van der Waals surface area contributed by atoms with Crippen molar-refractivity contribution in [3.63, 3.8) is 0 Å². The molecular formula is C15H11FN4O. The summed E-state index contributed by atoms with van der Waals surface area (Å²) in [6.07, 6.45) is 4.95. The van der Waals surface area contributed by atoms with Gasteiger partial charge in [0.25, 0.3) is 5.91 Å². The molecule has 6 heteroatoms. The molecular weight excluding hydrogens is 271 g/mol. The number of aromatic nitrogens is 3. The van der Waals surface area contributed by atoms with Crippen LogP contribution in [0.15, 0.2) is 61.1 Å². The quantitative estimate of drug-likeness (QED) is 0.803. The van der Waals surface area contributed by atoms with Crippen molar-refractivity contribution in [3.05, 3.63) is 72.4 Å². The highest BCUT2D eigenvalue weighted by Gasteiger charge is 2.11. The van der Waals surface area contributed by atoms with Gasteiger partial charge < -0.3 is 5.32 Å². The Bertz CT molecular complexity index is 771. The van der Waals surface area contributed by atoms with Crippen LogP contribution >= 0.6 is 0 Å². The normalized spacial score (nSPS) is 10.3. The van der Waals surface area contributed by atoms with Gasteiger partial charge in [-0.3, -0.25) is 4.79 Å². The number of amides is 1. The topological polar surface area (TPSA) is 59.8 Å². The van der Waals surface area contributed by atoms with Gasteiger partial charge in [0.05, 0.1) is 5.69 Å². The van der Waals surface area contributed by atoms with Gasteiger partial charge in [-0.25, -0.2) is 14.1 Å². The van der Waals surface area contributed by atoms with E-state index < -0.39 is 11.7 Å². The highest BCUT2D eigenvalue weighted by molar-refractivity contribution is 6.05. The molecule has 0 saturated heterocycles. The van der Waals surface area contributed by atoms with E-state index in [1.54, 1.807) is 47.5 Å². The Morgan fingerprint density at radius 3 is 2.81 bits per heavy atom. The molecule has 1 amide bonds. The number of benzene rings is 1. The van der Waals surface area contributed by atoms with E-state index in [2.05, 4.69) is 15.4 Å². The number of anilines is 1. The summed E-state index contributed by atoms with van der Waals surface area (Å²) in [5.41, 5.74) is 0.737. The Labute approximate surface area is 120 Å². The lowest BCUT2D eigenvalue weighted by Gasteiger charge is -2.10. The number of carbonyl (C=O) groups excluding carboxylic acids is 1. The number of nitrogens with one attached hydrogen (secondary N) is 1. The van der Waals surface area contributed by atoms with Crippen LogP contribution in [-0.2, 0) is 0 Å². The van der Waals surface area contributed by atoms with Gasteiger partial charge in [-0.2, -0.15) is 5.10 Å². The Morgan fingerprint density at radius 1 is 1.14 bits per heavy atom. The predicted molar refractivity (Wildman–Crippen MR) is 75.7 cm³/mol. The van der Waals surface area contributed by atoms with Gasteiger partial charge in [0, 0.05) is 24.2 Å². The molecule has 1 N–H and O–H groups in total. The summed E-state index contributed by atoms with van der Waals surface area (Å²) in [4.78, 5) is 16.3. The van der Waals surface area contributed by atoms with Crippen LogP contribution < -0.4 is 5.32 Å². The van der Waals surface area contributed by atoms with E-state index in [4.69, 9.17) is 0 Å². The number of halogens is 1. The Hall–Kier alpha value is -3.02. The van der Waals surface area contributed by atoms with Crippen LogP contribution in [0.5, 0.6) is 0 Å². The zero-order chi connectivity index (χ0) is 14.7. The van der Waals surface area contributed by atoms with Gasteiger partial charge in [-0.15, -0.1) is 0 Å². The van der Waals surface area contributed by atoms with Gasteiger partial charge in [0.1, 0.15) is 5.82 Å². The second-order valence-corrected chi connectivity index (χ2v) is 4.29. The zero-order valence-corrected chi connectivity index (χ0v) is 10.9. The van der Waals surface area contributed by atoms with Crippen molar-refractivity contribution in [1.29, 1.82) is 0 Å². The summed E-state index contributed by atoms with van der Waals surface area (Å²) in [5.74, 6) is -0.371. The summed E-state index contributed by atoms with van der Waals surface area (Å²) < 4.78 is 14.7. The molecule has 1 aromatic carbocycles. The van der Waals surface area contributed by atoms with Gasteiger partial charge in [-0.1, -0.05) is 6.07 Å². The molecule has 21 heavy (non-hydrogen) atoms. The van der Waals surface area contributed by atoms with E-state index in [1.807, 2.05) is 0 Å². The lowest BCUT2D eigenvalue weighted by molar-refractivity contribution is 0.102. The summed E-state index contributed by atoms with van der Waals surface area (Å²) in [6, 6.07) is 10.7. The first-order valence-corrected chi connectivity index (χ1v) is 6.26. The van der Waals surface area contributed by atoms with Crippen molar-refractivity contribution in [1.82, 2.24) is 14.8 Å². The Morgan fingerprint density at radius 2 is 2.05 bits per heavy atom. The Balaban J connectivity index is 1.90. The molecule has 0 unspecified atom stereocenters. The minimum absolute atomic E-state index is 0.241. The number of nitrogens with zero attached hydrogens (tertiary/aromatic N) is 3. The maximum Gasteiger partial charge on any atom is 0.255 e. The van der Waals surface area contributed by atoms with E-state index in [0.29, 0.717) is 11.5 Å². The van der Waals surface area contributed by atoms with Crippen molar-refractivity contribution in [2.75, 3.05) is 5.32 Å². The maximum atomic E-state index is 13.2. The number of rotatable bonds is 3.